The van der Waals surface area contributed by atoms with Gasteiger partial charge in [-0.2, -0.15) is 5.10 Å². The minimum Gasteiger partial charge on any atom is -0.314 e. The van der Waals surface area contributed by atoms with Crippen molar-refractivity contribution in [3.63, 3.8) is 0 Å². The molecule has 2 rings (SSSR count). The Hall–Kier alpha value is -0.870. The maximum atomic E-state index is 4.19. The van der Waals surface area contributed by atoms with Gasteiger partial charge in [0.1, 0.15) is 0 Å². The van der Waals surface area contributed by atoms with E-state index in [0.29, 0.717) is 6.04 Å². The van der Waals surface area contributed by atoms with E-state index in [-0.39, 0.29) is 0 Å². The van der Waals surface area contributed by atoms with Crippen molar-refractivity contribution in [2.75, 3.05) is 26.7 Å². The van der Waals surface area contributed by atoms with Crippen LogP contribution in [0.3, 0.4) is 0 Å². The lowest BCUT2D eigenvalue weighted by Crippen LogP contribution is -2.43. The molecule has 2 heterocycles. The number of aromatic nitrogens is 2. The summed E-state index contributed by atoms with van der Waals surface area (Å²) >= 11 is 0. The van der Waals surface area contributed by atoms with E-state index < -0.39 is 0 Å². The van der Waals surface area contributed by atoms with Crippen LogP contribution in [-0.4, -0.2) is 41.4 Å². The Morgan fingerprint density at radius 3 is 3.00 bits per heavy atom. The molecule has 72 valence electrons. The number of aryl methyl sites for hydroxylation is 1. The highest BCUT2D eigenvalue weighted by molar-refractivity contribution is 5.11. The van der Waals surface area contributed by atoms with Crippen LogP contribution in [0.2, 0.25) is 0 Å². The van der Waals surface area contributed by atoms with E-state index in [0.717, 1.165) is 19.6 Å². The summed E-state index contributed by atoms with van der Waals surface area (Å²) in [6, 6.07) is 0.488. The third-order valence-corrected chi connectivity index (χ3v) is 2.62. The van der Waals surface area contributed by atoms with Gasteiger partial charge in [0.15, 0.2) is 0 Å². The fourth-order valence-electron chi connectivity index (χ4n) is 1.79. The lowest BCUT2D eigenvalue weighted by Gasteiger charge is -2.32. The first-order valence-corrected chi connectivity index (χ1v) is 4.67. The molecule has 1 unspecified atom stereocenters. The van der Waals surface area contributed by atoms with Gasteiger partial charge in [0, 0.05) is 38.4 Å². The number of nitrogens with zero attached hydrogens (tertiary/aromatic N) is 3. The van der Waals surface area contributed by atoms with Crippen LogP contribution in [0.4, 0.5) is 0 Å². The Morgan fingerprint density at radius 1 is 1.54 bits per heavy atom. The molecule has 1 aliphatic heterocycles. The van der Waals surface area contributed by atoms with Crippen LogP contribution in [-0.2, 0) is 7.05 Å². The normalized spacial score (nSPS) is 24.9. The molecule has 1 aliphatic rings. The Morgan fingerprint density at radius 2 is 2.38 bits per heavy atom. The van der Waals surface area contributed by atoms with E-state index in [4.69, 9.17) is 0 Å². The topological polar surface area (TPSA) is 33.1 Å². The molecule has 0 spiro atoms. The predicted octanol–water partition coefficient (Wildman–Crippen LogP) is -0.00380. The number of hydrogen-bond donors (Lipinski definition) is 1. The molecule has 1 fully saturated rings. The zero-order valence-electron chi connectivity index (χ0n) is 8.20. The summed E-state index contributed by atoms with van der Waals surface area (Å²) in [5.41, 5.74) is 1.30. The van der Waals surface area contributed by atoms with Crippen molar-refractivity contribution in [1.29, 1.82) is 0 Å². The highest BCUT2D eigenvalue weighted by Crippen LogP contribution is 2.19. The molecule has 0 amide bonds. The van der Waals surface area contributed by atoms with Crippen molar-refractivity contribution in [3.05, 3.63) is 18.0 Å². The van der Waals surface area contributed by atoms with Gasteiger partial charge in [0.05, 0.1) is 12.2 Å². The minimum absolute atomic E-state index is 0.488. The second-order valence-corrected chi connectivity index (χ2v) is 3.65. The quantitative estimate of drug-likeness (QED) is 0.660. The average Bonchev–Trinajstić information content (AvgIpc) is 2.53. The molecule has 4 nitrogen and oxygen atoms in total. The van der Waals surface area contributed by atoms with E-state index in [1.54, 1.807) is 0 Å². The number of nitrogens with one attached hydrogen (secondary N) is 1. The third kappa shape index (κ3) is 1.73. The lowest BCUT2D eigenvalue weighted by atomic mass is 10.1. The first-order chi connectivity index (χ1) is 6.27. The van der Waals surface area contributed by atoms with Crippen LogP contribution in [0.25, 0.3) is 0 Å². The van der Waals surface area contributed by atoms with Crippen LogP contribution >= 0.6 is 0 Å². The predicted molar refractivity (Wildman–Crippen MR) is 51.4 cm³/mol. The number of hydrogen-bond acceptors (Lipinski definition) is 3. The van der Waals surface area contributed by atoms with E-state index in [1.165, 1.54) is 5.56 Å². The molecule has 1 aromatic heterocycles. The summed E-state index contributed by atoms with van der Waals surface area (Å²) in [6.07, 6.45) is 4.04. The summed E-state index contributed by atoms with van der Waals surface area (Å²) in [4.78, 5) is 2.37. The van der Waals surface area contributed by atoms with Crippen molar-refractivity contribution >= 4 is 0 Å². The Bertz CT molecular complexity index is 281. The van der Waals surface area contributed by atoms with Gasteiger partial charge in [-0.3, -0.25) is 9.58 Å². The average molecular weight is 180 g/mol. The van der Waals surface area contributed by atoms with Gasteiger partial charge in [-0.25, -0.2) is 0 Å². The smallest absolute Gasteiger partial charge is 0.0538 e. The first-order valence-electron chi connectivity index (χ1n) is 4.67. The van der Waals surface area contributed by atoms with Crippen molar-refractivity contribution in [2.45, 2.75) is 6.04 Å². The largest absolute Gasteiger partial charge is 0.314 e. The van der Waals surface area contributed by atoms with Crippen molar-refractivity contribution < 1.29 is 0 Å². The van der Waals surface area contributed by atoms with Gasteiger partial charge in [-0.05, 0) is 7.05 Å². The zero-order valence-corrected chi connectivity index (χ0v) is 8.20. The van der Waals surface area contributed by atoms with Crippen molar-refractivity contribution in [1.82, 2.24) is 20.0 Å². The van der Waals surface area contributed by atoms with Crippen molar-refractivity contribution in [2.24, 2.45) is 7.05 Å². The second-order valence-electron chi connectivity index (χ2n) is 3.65. The maximum Gasteiger partial charge on any atom is 0.0538 e. The summed E-state index contributed by atoms with van der Waals surface area (Å²) in [5.74, 6) is 0. The van der Waals surface area contributed by atoms with E-state index in [2.05, 4.69) is 28.6 Å². The Kier molecular flexibility index (Phi) is 2.33. The Labute approximate surface area is 78.5 Å². The summed E-state index contributed by atoms with van der Waals surface area (Å²) < 4.78 is 1.86. The minimum atomic E-state index is 0.488. The van der Waals surface area contributed by atoms with Gasteiger partial charge in [0.25, 0.3) is 0 Å². The van der Waals surface area contributed by atoms with Gasteiger partial charge in [-0.1, -0.05) is 0 Å². The fourth-order valence-corrected chi connectivity index (χ4v) is 1.79. The maximum absolute atomic E-state index is 4.19. The van der Waals surface area contributed by atoms with Crippen LogP contribution < -0.4 is 5.32 Å². The number of rotatable bonds is 1. The molecular formula is C9H16N4. The van der Waals surface area contributed by atoms with Gasteiger partial charge >= 0.3 is 0 Å². The summed E-state index contributed by atoms with van der Waals surface area (Å²) in [5, 5.41) is 7.58. The second kappa shape index (κ2) is 3.47. The molecule has 1 aromatic rings. The molecule has 1 saturated heterocycles. The van der Waals surface area contributed by atoms with Crippen molar-refractivity contribution in [3.8, 4) is 0 Å². The van der Waals surface area contributed by atoms with Crippen LogP contribution in [0.15, 0.2) is 12.4 Å². The van der Waals surface area contributed by atoms with E-state index in [9.17, 15) is 0 Å². The fraction of sp³-hybridized carbons (Fsp3) is 0.667. The van der Waals surface area contributed by atoms with E-state index in [1.807, 2.05) is 17.9 Å². The molecule has 4 heteroatoms. The van der Waals surface area contributed by atoms with Crippen LogP contribution in [0, 0.1) is 0 Å². The van der Waals surface area contributed by atoms with Crippen LogP contribution in [0.1, 0.15) is 11.6 Å². The molecule has 13 heavy (non-hydrogen) atoms. The van der Waals surface area contributed by atoms with Gasteiger partial charge in [0.2, 0.25) is 0 Å². The molecule has 0 radical (unpaired) electrons. The first kappa shape index (κ1) is 8.72. The highest BCUT2D eigenvalue weighted by atomic mass is 15.3. The highest BCUT2D eigenvalue weighted by Gasteiger charge is 2.20. The molecule has 0 bridgehead atoms. The summed E-state index contributed by atoms with van der Waals surface area (Å²) in [6.45, 7) is 3.23. The number of likely N-dealkylation sites (N-methyl/N-ethyl adjacent to an activating group) is 1. The monoisotopic (exact) mass is 180 g/mol. The molecule has 0 saturated carbocycles. The SMILES string of the molecule is CN1CCNCC1c1cnn(C)c1. The standard InChI is InChI=1S/C9H16N4/c1-12-4-3-10-6-9(12)8-5-11-13(2)7-8/h5,7,9-10H,3-4,6H2,1-2H3. The molecular weight excluding hydrogens is 164 g/mol. The lowest BCUT2D eigenvalue weighted by molar-refractivity contribution is 0.202. The molecule has 0 aromatic carbocycles. The Balaban J connectivity index is 2.14. The van der Waals surface area contributed by atoms with Gasteiger partial charge < -0.3 is 5.32 Å². The van der Waals surface area contributed by atoms with Crippen LogP contribution in [0.5, 0.6) is 0 Å². The summed E-state index contributed by atoms with van der Waals surface area (Å²) in [7, 11) is 4.12. The van der Waals surface area contributed by atoms with E-state index >= 15 is 0 Å². The molecule has 0 aliphatic carbocycles. The molecule has 1 atom stereocenters. The molecule has 1 N–H and O–H groups in total. The third-order valence-electron chi connectivity index (χ3n) is 2.62. The number of piperazine rings is 1. The van der Waals surface area contributed by atoms with Gasteiger partial charge in [-0.15, -0.1) is 0 Å². The zero-order chi connectivity index (χ0) is 9.26.